The van der Waals surface area contributed by atoms with E-state index in [-0.39, 0.29) is 5.92 Å². The molecule has 4 heteroatoms. The molecule has 1 aliphatic heterocycles. The van der Waals surface area contributed by atoms with Gasteiger partial charge in [-0.15, -0.1) is 0 Å². The first-order chi connectivity index (χ1) is 9.72. The van der Waals surface area contributed by atoms with Crippen LogP contribution in [0.4, 0.5) is 0 Å². The minimum absolute atomic E-state index is 0.0177. The SMILES string of the molecule is N#CCCC(C#N)CN1CC(Cc2ccccc2Cl)C1. The molecular weight excluding hydrogens is 270 g/mol. The summed E-state index contributed by atoms with van der Waals surface area (Å²) in [7, 11) is 0. The van der Waals surface area contributed by atoms with Crippen LogP contribution in [-0.4, -0.2) is 24.5 Å². The fraction of sp³-hybridized carbons (Fsp3) is 0.500. The summed E-state index contributed by atoms with van der Waals surface area (Å²) >= 11 is 6.16. The van der Waals surface area contributed by atoms with Crippen molar-refractivity contribution in [3.05, 3.63) is 34.9 Å². The van der Waals surface area contributed by atoms with E-state index in [1.54, 1.807) is 0 Å². The summed E-state index contributed by atoms with van der Waals surface area (Å²) in [6.45, 7) is 2.84. The van der Waals surface area contributed by atoms with Gasteiger partial charge >= 0.3 is 0 Å². The first-order valence-corrected chi connectivity index (χ1v) is 7.33. The van der Waals surface area contributed by atoms with Crippen LogP contribution >= 0.6 is 11.6 Å². The van der Waals surface area contributed by atoms with Crippen LogP contribution in [-0.2, 0) is 6.42 Å². The second kappa shape index (κ2) is 7.29. The lowest BCUT2D eigenvalue weighted by atomic mass is 9.90. The Kier molecular flexibility index (Phi) is 5.41. The molecule has 3 nitrogen and oxygen atoms in total. The van der Waals surface area contributed by atoms with Crippen LogP contribution in [0.3, 0.4) is 0 Å². The van der Waals surface area contributed by atoms with Crippen molar-refractivity contribution in [3.63, 3.8) is 0 Å². The second-order valence-electron chi connectivity index (χ2n) is 5.40. The largest absolute Gasteiger partial charge is 0.301 e. The van der Waals surface area contributed by atoms with Gasteiger partial charge in [0.25, 0.3) is 0 Å². The zero-order valence-corrected chi connectivity index (χ0v) is 12.2. The summed E-state index contributed by atoms with van der Waals surface area (Å²) in [6.07, 6.45) is 2.15. The van der Waals surface area contributed by atoms with E-state index in [1.807, 2.05) is 18.2 Å². The third kappa shape index (κ3) is 3.97. The molecule has 0 bridgehead atoms. The molecule has 0 aliphatic carbocycles. The highest BCUT2D eigenvalue weighted by Gasteiger charge is 2.28. The molecule has 2 rings (SSSR count). The van der Waals surface area contributed by atoms with Crippen molar-refractivity contribution < 1.29 is 0 Å². The Bertz CT molecular complexity index is 523. The average Bonchev–Trinajstić information content (AvgIpc) is 2.42. The van der Waals surface area contributed by atoms with Gasteiger partial charge in [-0.05, 0) is 30.4 Å². The first-order valence-electron chi connectivity index (χ1n) is 6.95. The Balaban J connectivity index is 1.74. The van der Waals surface area contributed by atoms with Gasteiger partial charge in [-0.3, -0.25) is 0 Å². The number of hydrogen-bond acceptors (Lipinski definition) is 3. The van der Waals surface area contributed by atoms with Gasteiger partial charge in [0.05, 0.1) is 18.1 Å². The molecule has 1 aromatic rings. The molecule has 1 heterocycles. The topological polar surface area (TPSA) is 50.8 Å². The van der Waals surface area contributed by atoms with Crippen molar-refractivity contribution in [1.29, 1.82) is 10.5 Å². The summed E-state index contributed by atoms with van der Waals surface area (Å²) in [5.74, 6) is 0.612. The summed E-state index contributed by atoms with van der Waals surface area (Å²) in [4.78, 5) is 2.30. The van der Waals surface area contributed by atoms with Gasteiger partial charge in [-0.1, -0.05) is 29.8 Å². The van der Waals surface area contributed by atoms with Crippen molar-refractivity contribution in [2.45, 2.75) is 19.3 Å². The molecule has 0 amide bonds. The van der Waals surface area contributed by atoms with Gasteiger partial charge < -0.3 is 4.90 Å². The molecule has 1 unspecified atom stereocenters. The smallest absolute Gasteiger partial charge is 0.0669 e. The third-order valence-corrected chi connectivity index (χ3v) is 4.13. The Labute approximate surface area is 125 Å². The standard InChI is InChI=1S/C16H18ClN3/c17-16-6-2-1-5-15(16)8-14-11-20(12-14)10-13(9-19)4-3-7-18/h1-2,5-6,13-14H,3-4,8,10-12H2. The van der Waals surface area contributed by atoms with Crippen molar-refractivity contribution >= 4 is 11.6 Å². The molecule has 0 aromatic heterocycles. The number of halogens is 1. The van der Waals surface area contributed by atoms with E-state index in [2.05, 4.69) is 23.1 Å². The van der Waals surface area contributed by atoms with E-state index in [0.29, 0.717) is 18.8 Å². The number of likely N-dealkylation sites (tertiary alicyclic amines) is 1. The lowest BCUT2D eigenvalue weighted by Crippen LogP contribution is -2.49. The van der Waals surface area contributed by atoms with E-state index in [0.717, 1.165) is 31.1 Å². The maximum atomic E-state index is 9.06. The maximum Gasteiger partial charge on any atom is 0.0669 e. The fourth-order valence-electron chi connectivity index (χ4n) is 2.68. The Morgan fingerprint density at radius 3 is 2.70 bits per heavy atom. The van der Waals surface area contributed by atoms with E-state index < -0.39 is 0 Å². The van der Waals surface area contributed by atoms with Crippen molar-refractivity contribution in [1.82, 2.24) is 4.90 Å². The van der Waals surface area contributed by atoms with Gasteiger partial charge in [0.15, 0.2) is 0 Å². The normalized spacial score (nSPS) is 16.9. The second-order valence-corrected chi connectivity index (χ2v) is 5.81. The molecule has 1 fully saturated rings. The molecule has 0 N–H and O–H groups in total. The minimum atomic E-state index is -0.0177. The highest BCUT2D eigenvalue weighted by Crippen LogP contribution is 2.25. The Hall–Kier alpha value is -1.55. The van der Waals surface area contributed by atoms with Crippen LogP contribution < -0.4 is 0 Å². The van der Waals surface area contributed by atoms with Crippen LogP contribution in [0, 0.1) is 34.5 Å². The van der Waals surface area contributed by atoms with Crippen LogP contribution in [0.5, 0.6) is 0 Å². The van der Waals surface area contributed by atoms with Crippen molar-refractivity contribution in [2.75, 3.05) is 19.6 Å². The quantitative estimate of drug-likeness (QED) is 0.807. The Morgan fingerprint density at radius 1 is 1.30 bits per heavy atom. The molecule has 104 valence electrons. The zero-order valence-electron chi connectivity index (χ0n) is 11.4. The third-order valence-electron chi connectivity index (χ3n) is 3.76. The predicted octanol–water partition coefficient (Wildman–Crippen LogP) is 3.26. The van der Waals surface area contributed by atoms with E-state index >= 15 is 0 Å². The highest BCUT2D eigenvalue weighted by molar-refractivity contribution is 6.31. The van der Waals surface area contributed by atoms with Gasteiger partial charge in [0.2, 0.25) is 0 Å². The van der Waals surface area contributed by atoms with Gasteiger partial charge in [-0.25, -0.2) is 0 Å². The average molecular weight is 288 g/mol. The monoisotopic (exact) mass is 287 g/mol. The van der Waals surface area contributed by atoms with E-state index in [1.165, 1.54) is 5.56 Å². The maximum absolute atomic E-state index is 9.06. The minimum Gasteiger partial charge on any atom is -0.301 e. The summed E-state index contributed by atoms with van der Waals surface area (Å²) in [5, 5.41) is 18.5. The van der Waals surface area contributed by atoms with E-state index in [9.17, 15) is 0 Å². The van der Waals surface area contributed by atoms with Crippen molar-refractivity contribution in [3.8, 4) is 12.1 Å². The number of rotatable bonds is 6. The molecule has 20 heavy (non-hydrogen) atoms. The molecule has 1 atom stereocenters. The molecule has 0 radical (unpaired) electrons. The van der Waals surface area contributed by atoms with Crippen LogP contribution in [0.15, 0.2) is 24.3 Å². The number of hydrogen-bond donors (Lipinski definition) is 0. The van der Waals surface area contributed by atoms with Gasteiger partial charge in [-0.2, -0.15) is 10.5 Å². The number of benzene rings is 1. The highest BCUT2D eigenvalue weighted by atomic mass is 35.5. The summed E-state index contributed by atoms with van der Waals surface area (Å²) < 4.78 is 0. The molecule has 0 saturated carbocycles. The van der Waals surface area contributed by atoms with Crippen LogP contribution in [0.2, 0.25) is 5.02 Å². The van der Waals surface area contributed by atoms with Crippen molar-refractivity contribution in [2.24, 2.45) is 11.8 Å². The molecule has 1 aromatic carbocycles. The van der Waals surface area contributed by atoms with Crippen LogP contribution in [0.1, 0.15) is 18.4 Å². The Morgan fingerprint density at radius 2 is 2.05 bits per heavy atom. The fourth-order valence-corrected chi connectivity index (χ4v) is 2.89. The molecule has 0 spiro atoms. The predicted molar refractivity (Wildman–Crippen MR) is 79.0 cm³/mol. The number of nitriles is 2. The summed E-state index contributed by atoms with van der Waals surface area (Å²) in [6, 6.07) is 12.4. The van der Waals surface area contributed by atoms with Gasteiger partial charge in [0, 0.05) is 31.1 Å². The lowest BCUT2D eigenvalue weighted by Gasteiger charge is -2.40. The molecule has 1 aliphatic rings. The lowest BCUT2D eigenvalue weighted by molar-refractivity contribution is 0.0887. The van der Waals surface area contributed by atoms with E-state index in [4.69, 9.17) is 22.1 Å². The molecular formula is C16H18ClN3. The summed E-state index contributed by atoms with van der Waals surface area (Å²) in [5.41, 5.74) is 1.21. The van der Waals surface area contributed by atoms with Gasteiger partial charge in [0.1, 0.15) is 0 Å². The molecule has 1 saturated heterocycles. The zero-order chi connectivity index (χ0) is 14.4. The number of nitrogens with zero attached hydrogens (tertiary/aromatic N) is 3. The first kappa shape index (κ1) is 14.9. The van der Waals surface area contributed by atoms with Crippen LogP contribution in [0.25, 0.3) is 0 Å².